The maximum Gasteiger partial charge on any atom is 0.137 e. The van der Waals surface area contributed by atoms with Crippen LogP contribution in [0.25, 0.3) is 0 Å². The largest absolute Gasteiger partial charge is 0.375 e. The molecule has 1 aromatic heterocycles. The van der Waals surface area contributed by atoms with Crippen LogP contribution < -0.4 is 10.2 Å². The Hall–Kier alpha value is -1.36. The Balaban J connectivity index is 2.33. The van der Waals surface area contributed by atoms with Crippen molar-refractivity contribution in [1.82, 2.24) is 9.97 Å². The first kappa shape index (κ1) is 14.1. The molecule has 0 bridgehead atoms. The molecule has 1 aromatic rings. The average Bonchev–Trinajstić information content (AvgIpc) is 2.46. The highest BCUT2D eigenvalue weighted by Gasteiger charge is 2.24. The molecule has 1 aliphatic rings. The highest BCUT2D eigenvalue weighted by molar-refractivity contribution is 5.60. The van der Waals surface area contributed by atoms with E-state index >= 15 is 0 Å². The van der Waals surface area contributed by atoms with E-state index in [1.54, 1.807) is 6.33 Å². The number of ether oxygens (including phenoxy) is 1. The summed E-state index contributed by atoms with van der Waals surface area (Å²) in [6, 6.07) is 0. The van der Waals surface area contributed by atoms with Gasteiger partial charge in [-0.1, -0.05) is 20.8 Å². The van der Waals surface area contributed by atoms with Gasteiger partial charge in [0.25, 0.3) is 0 Å². The molecule has 0 amide bonds. The summed E-state index contributed by atoms with van der Waals surface area (Å²) >= 11 is 0. The molecule has 0 aromatic carbocycles. The Labute approximate surface area is 115 Å². The van der Waals surface area contributed by atoms with Gasteiger partial charge in [0.05, 0.1) is 12.7 Å². The molecule has 0 spiro atoms. The highest BCUT2D eigenvalue weighted by Crippen LogP contribution is 2.31. The van der Waals surface area contributed by atoms with Gasteiger partial charge in [-0.25, -0.2) is 9.97 Å². The topological polar surface area (TPSA) is 50.3 Å². The fourth-order valence-corrected chi connectivity index (χ4v) is 2.53. The van der Waals surface area contributed by atoms with Gasteiger partial charge in [-0.3, -0.25) is 0 Å². The van der Waals surface area contributed by atoms with Crippen LogP contribution >= 0.6 is 0 Å². The SMILES string of the molecule is CCC1CN(c2ncnc(NC)c2C(C)C)CCO1. The van der Waals surface area contributed by atoms with Crippen LogP contribution in [0.1, 0.15) is 38.7 Å². The van der Waals surface area contributed by atoms with Crippen molar-refractivity contribution in [3.63, 3.8) is 0 Å². The zero-order valence-corrected chi connectivity index (χ0v) is 12.3. The van der Waals surface area contributed by atoms with Gasteiger partial charge in [-0.2, -0.15) is 0 Å². The van der Waals surface area contributed by atoms with Crippen molar-refractivity contribution < 1.29 is 4.74 Å². The van der Waals surface area contributed by atoms with Crippen LogP contribution in [0.3, 0.4) is 0 Å². The lowest BCUT2D eigenvalue weighted by Crippen LogP contribution is -2.43. The third-order valence-corrected chi connectivity index (χ3v) is 3.57. The second-order valence-electron chi connectivity index (χ2n) is 5.21. The van der Waals surface area contributed by atoms with Gasteiger partial charge in [0.1, 0.15) is 18.0 Å². The highest BCUT2D eigenvalue weighted by atomic mass is 16.5. The minimum atomic E-state index is 0.307. The van der Waals surface area contributed by atoms with Crippen molar-refractivity contribution in [2.75, 3.05) is 37.0 Å². The zero-order chi connectivity index (χ0) is 13.8. The lowest BCUT2D eigenvalue weighted by atomic mass is 10.0. The summed E-state index contributed by atoms with van der Waals surface area (Å²) in [5.41, 5.74) is 1.20. The van der Waals surface area contributed by atoms with Crippen LogP contribution in [0.15, 0.2) is 6.33 Å². The molecule has 1 atom stereocenters. The molecule has 0 radical (unpaired) electrons. The predicted molar refractivity (Wildman–Crippen MR) is 77.9 cm³/mol. The van der Waals surface area contributed by atoms with Gasteiger partial charge in [0.15, 0.2) is 0 Å². The van der Waals surface area contributed by atoms with Crippen LogP contribution in [0.5, 0.6) is 0 Å². The minimum Gasteiger partial charge on any atom is -0.375 e. The van der Waals surface area contributed by atoms with E-state index in [9.17, 15) is 0 Å². The van der Waals surface area contributed by atoms with Crippen LogP contribution in [-0.4, -0.2) is 42.8 Å². The monoisotopic (exact) mass is 264 g/mol. The molecular formula is C14H24N4O. The van der Waals surface area contributed by atoms with Crippen LogP contribution in [0, 0.1) is 0 Å². The van der Waals surface area contributed by atoms with Crippen molar-refractivity contribution in [1.29, 1.82) is 0 Å². The number of anilines is 2. The molecule has 1 unspecified atom stereocenters. The second kappa shape index (κ2) is 6.19. The quantitative estimate of drug-likeness (QED) is 0.904. The molecule has 106 valence electrons. The summed E-state index contributed by atoms with van der Waals surface area (Å²) in [6.45, 7) is 9.11. The molecule has 1 saturated heterocycles. The van der Waals surface area contributed by atoms with Gasteiger partial charge in [0.2, 0.25) is 0 Å². The van der Waals surface area contributed by atoms with E-state index in [2.05, 4.69) is 41.0 Å². The number of rotatable bonds is 4. The van der Waals surface area contributed by atoms with Crippen LogP contribution in [0.4, 0.5) is 11.6 Å². The molecule has 1 fully saturated rings. The van der Waals surface area contributed by atoms with Gasteiger partial charge in [-0.05, 0) is 12.3 Å². The van der Waals surface area contributed by atoms with Gasteiger partial charge in [0, 0.05) is 25.7 Å². The number of aromatic nitrogens is 2. The molecule has 1 aliphatic heterocycles. The zero-order valence-electron chi connectivity index (χ0n) is 12.3. The molecule has 0 aliphatic carbocycles. The first-order valence-electron chi connectivity index (χ1n) is 7.06. The molecular weight excluding hydrogens is 240 g/mol. The molecule has 5 heteroatoms. The Morgan fingerprint density at radius 2 is 2.26 bits per heavy atom. The van der Waals surface area contributed by atoms with Crippen molar-refractivity contribution in [2.24, 2.45) is 0 Å². The van der Waals surface area contributed by atoms with E-state index in [0.717, 1.165) is 37.8 Å². The first-order valence-corrected chi connectivity index (χ1v) is 7.06. The van der Waals surface area contributed by atoms with E-state index in [4.69, 9.17) is 4.74 Å². The summed E-state index contributed by atoms with van der Waals surface area (Å²) in [5.74, 6) is 2.37. The van der Waals surface area contributed by atoms with E-state index in [0.29, 0.717) is 12.0 Å². The minimum absolute atomic E-state index is 0.307. The third-order valence-electron chi connectivity index (χ3n) is 3.57. The standard InChI is InChI=1S/C14H24N4O/c1-5-11-8-18(6-7-19-11)14-12(10(2)3)13(15-4)16-9-17-14/h9-11H,5-8H2,1-4H3,(H,15,16,17). The smallest absolute Gasteiger partial charge is 0.137 e. The van der Waals surface area contributed by atoms with E-state index < -0.39 is 0 Å². The van der Waals surface area contributed by atoms with Crippen molar-refractivity contribution >= 4 is 11.6 Å². The molecule has 5 nitrogen and oxygen atoms in total. The van der Waals surface area contributed by atoms with Crippen LogP contribution in [0.2, 0.25) is 0 Å². The summed E-state index contributed by atoms with van der Waals surface area (Å²) in [5, 5.41) is 3.17. The fourth-order valence-electron chi connectivity index (χ4n) is 2.53. The van der Waals surface area contributed by atoms with Crippen molar-refractivity contribution in [2.45, 2.75) is 39.2 Å². The van der Waals surface area contributed by atoms with E-state index in [-0.39, 0.29) is 0 Å². The Kier molecular flexibility index (Phi) is 4.58. The molecule has 0 saturated carbocycles. The van der Waals surface area contributed by atoms with E-state index in [1.165, 1.54) is 5.56 Å². The summed E-state index contributed by atoms with van der Waals surface area (Å²) in [4.78, 5) is 11.2. The van der Waals surface area contributed by atoms with E-state index in [1.807, 2.05) is 7.05 Å². The maximum atomic E-state index is 5.74. The van der Waals surface area contributed by atoms with Gasteiger partial charge in [-0.15, -0.1) is 0 Å². The van der Waals surface area contributed by atoms with Gasteiger partial charge < -0.3 is 15.0 Å². The number of nitrogens with one attached hydrogen (secondary N) is 1. The van der Waals surface area contributed by atoms with Crippen molar-refractivity contribution in [3.8, 4) is 0 Å². The number of morpholine rings is 1. The first-order chi connectivity index (χ1) is 9.17. The summed E-state index contributed by atoms with van der Waals surface area (Å²) < 4.78 is 5.74. The Bertz CT molecular complexity index is 422. The number of hydrogen-bond donors (Lipinski definition) is 1. The fraction of sp³-hybridized carbons (Fsp3) is 0.714. The Morgan fingerprint density at radius 3 is 2.89 bits per heavy atom. The average molecular weight is 264 g/mol. The normalized spacial score (nSPS) is 19.8. The summed E-state index contributed by atoms with van der Waals surface area (Å²) in [6.07, 6.45) is 2.99. The third kappa shape index (κ3) is 2.97. The lowest BCUT2D eigenvalue weighted by molar-refractivity contribution is 0.0381. The molecule has 19 heavy (non-hydrogen) atoms. The molecule has 2 rings (SSSR count). The Morgan fingerprint density at radius 1 is 1.47 bits per heavy atom. The second-order valence-corrected chi connectivity index (χ2v) is 5.21. The van der Waals surface area contributed by atoms with Gasteiger partial charge >= 0.3 is 0 Å². The molecule has 1 N–H and O–H groups in total. The maximum absolute atomic E-state index is 5.74. The molecule has 2 heterocycles. The lowest BCUT2D eigenvalue weighted by Gasteiger charge is -2.35. The number of hydrogen-bond acceptors (Lipinski definition) is 5. The predicted octanol–water partition coefficient (Wildman–Crippen LogP) is 2.26. The summed E-state index contributed by atoms with van der Waals surface area (Å²) in [7, 11) is 1.91. The van der Waals surface area contributed by atoms with Crippen LogP contribution in [-0.2, 0) is 4.74 Å². The number of nitrogens with zero attached hydrogens (tertiary/aromatic N) is 3. The van der Waals surface area contributed by atoms with Crippen molar-refractivity contribution in [3.05, 3.63) is 11.9 Å².